The van der Waals surface area contributed by atoms with Crippen LogP contribution >= 0.6 is 0 Å². The molecular formula is C18H17F3N6. The number of alkyl halides is 3. The van der Waals surface area contributed by atoms with Crippen LogP contribution in [0, 0.1) is 12.3 Å². The second-order valence-electron chi connectivity index (χ2n) is 5.96. The second-order valence-corrected chi connectivity index (χ2v) is 5.96. The van der Waals surface area contributed by atoms with Crippen LogP contribution in [0.2, 0.25) is 0 Å². The van der Waals surface area contributed by atoms with Gasteiger partial charge in [-0.15, -0.1) is 0 Å². The number of nitrogens with one attached hydrogen (secondary N) is 1. The monoisotopic (exact) mass is 374 g/mol. The molecule has 0 unspecified atom stereocenters. The summed E-state index contributed by atoms with van der Waals surface area (Å²) in [5.74, 6) is -0.788. The highest BCUT2D eigenvalue weighted by Crippen LogP contribution is 2.21. The predicted octanol–water partition coefficient (Wildman–Crippen LogP) is 3.81. The van der Waals surface area contributed by atoms with Gasteiger partial charge in [0.1, 0.15) is 5.82 Å². The molecule has 0 atom stereocenters. The molecule has 0 spiro atoms. The summed E-state index contributed by atoms with van der Waals surface area (Å²) in [4.78, 5) is 16.0. The van der Waals surface area contributed by atoms with Crippen molar-refractivity contribution in [2.24, 2.45) is 4.99 Å². The molecule has 0 saturated heterocycles. The summed E-state index contributed by atoms with van der Waals surface area (Å²) >= 11 is 0. The van der Waals surface area contributed by atoms with E-state index >= 15 is 0 Å². The Bertz CT molecular complexity index is 920. The SMILES string of the molecule is Cc1ncc(Cc2nc(C=NC(=N)C(F)(F)F)n3c2/C=C\CCC=C3)cn1. The Morgan fingerprint density at radius 1 is 1.26 bits per heavy atom. The van der Waals surface area contributed by atoms with Crippen LogP contribution in [-0.4, -0.2) is 37.7 Å². The van der Waals surface area contributed by atoms with Gasteiger partial charge >= 0.3 is 6.18 Å². The maximum absolute atomic E-state index is 12.5. The molecule has 3 rings (SSSR count). The molecule has 0 bridgehead atoms. The first kappa shape index (κ1) is 18.7. The van der Waals surface area contributed by atoms with Gasteiger partial charge in [0.25, 0.3) is 0 Å². The van der Waals surface area contributed by atoms with E-state index in [0.717, 1.165) is 30.3 Å². The molecule has 2 aromatic rings. The number of aryl methyl sites for hydroxylation is 1. The van der Waals surface area contributed by atoms with E-state index in [2.05, 4.69) is 19.9 Å². The van der Waals surface area contributed by atoms with Gasteiger partial charge in [-0.05, 0) is 31.4 Å². The predicted molar refractivity (Wildman–Crippen MR) is 96.8 cm³/mol. The third kappa shape index (κ3) is 4.55. The summed E-state index contributed by atoms with van der Waals surface area (Å²) in [5.41, 5.74) is 2.27. The van der Waals surface area contributed by atoms with Crippen molar-refractivity contribution >= 4 is 24.3 Å². The van der Waals surface area contributed by atoms with Gasteiger partial charge < -0.3 is 0 Å². The lowest BCUT2D eigenvalue weighted by Crippen LogP contribution is -2.19. The molecule has 0 amide bonds. The number of allylic oxidation sites excluding steroid dienone is 2. The van der Waals surface area contributed by atoms with Crippen LogP contribution in [0.15, 0.2) is 29.5 Å². The molecule has 3 heterocycles. The minimum absolute atomic E-state index is 0.227. The number of rotatable bonds is 3. The lowest BCUT2D eigenvalue weighted by molar-refractivity contribution is -0.0604. The molecule has 27 heavy (non-hydrogen) atoms. The topological polar surface area (TPSA) is 79.8 Å². The van der Waals surface area contributed by atoms with E-state index in [0.29, 0.717) is 17.9 Å². The highest BCUT2D eigenvalue weighted by molar-refractivity contribution is 5.95. The molecule has 6 nitrogen and oxygen atoms in total. The van der Waals surface area contributed by atoms with Crippen molar-refractivity contribution in [3.8, 4) is 0 Å². The molecule has 0 aromatic carbocycles. The largest absolute Gasteiger partial charge is 0.450 e. The normalized spacial score (nSPS) is 15.4. The zero-order chi connectivity index (χ0) is 19.4. The maximum Gasteiger partial charge on any atom is 0.450 e. The van der Waals surface area contributed by atoms with Gasteiger partial charge in [-0.1, -0.05) is 12.2 Å². The minimum atomic E-state index is -4.79. The molecule has 1 aliphatic rings. The summed E-state index contributed by atoms with van der Waals surface area (Å²) in [7, 11) is 0. The zero-order valence-electron chi connectivity index (χ0n) is 14.5. The first-order valence-corrected chi connectivity index (χ1v) is 8.26. The smallest absolute Gasteiger partial charge is 0.299 e. The Morgan fingerprint density at radius 2 is 1.96 bits per heavy atom. The van der Waals surface area contributed by atoms with E-state index in [1.54, 1.807) is 30.1 Å². The van der Waals surface area contributed by atoms with Gasteiger partial charge in [0, 0.05) is 25.0 Å². The van der Waals surface area contributed by atoms with Crippen LogP contribution in [0.1, 0.15) is 41.4 Å². The van der Waals surface area contributed by atoms with Gasteiger partial charge in [0.2, 0.25) is 5.84 Å². The Labute approximate surface area is 153 Å². The summed E-state index contributed by atoms with van der Waals surface area (Å²) in [5, 5.41) is 7.01. The van der Waals surface area contributed by atoms with Crippen LogP contribution in [0.25, 0.3) is 12.3 Å². The van der Waals surface area contributed by atoms with Crippen molar-refractivity contribution in [3.63, 3.8) is 0 Å². The quantitative estimate of drug-likeness (QED) is 0.655. The van der Waals surface area contributed by atoms with Gasteiger partial charge in [-0.3, -0.25) is 9.98 Å². The number of hydrogen-bond donors (Lipinski definition) is 1. The molecule has 1 N–H and O–H groups in total. The van der Waals surface area contributed by atoms with Crippen molar-refractivity contribution in [3.05, 3.63) is 53.1 Å². The lowest BCUT2D eigenvalue weighted by atomic mass is 10.1. The van der Waals surface area contributed by atoms with E-state index in [1.165, 1.54) is 0 Å². The Hall–Kier alpha value is -3.10. The van der Waals surface area contributed by atoms with E-state index in [4.69, 9.17) is 5.41 Å². The Morgan fingerprint density at radius 3 is 2.67 bits per heavy atom. The Kier molecular flexibility index (Phi) is 5.29. The third-order valence-electron chi connectivity index (χ3n) is 3.87. The highest BCUT2D eigenvalue weighted by atomic mass is 19.4. The number of aromatic nitrogens is 4. The molecule has 2 aromatic heterocycles. The molecule has 0 radical (unpaired) electrons. The first-order valence-electron chi connectivity index (χ1n) is 8.26. The fourth-order valence-corrected chi connectivity index (χ4v) is 2.53. The first-order chi connectivity index (χ1) is 12.8. The summed E-state index contributed by atoms with van der Waals surface area (Å²) in [6.45, 7) is 1.79. The van der Waals surface area contributed by atoms with Gasteiger partial charge in [-0.25, -0.2) is 19.9 Å². The van der Waals surface area contributed by atoms with E-state index < -0.39 is 12.0 Å². The lowest BCUT2D eigenvalue weighted by Gasteiger charge is -2.06. The number of amidine groups is 1. The molecular weight excluding hydrogens is 357 g/mol. The number of imidazole rings is 1. The van der Waals surface area contributed by atoms with Gasteiger partial charge in [0.15, 0.2) is 5.82 Å². The molecule has 1 aliphatic heterocycles. The summed E-state index contributed by atoms with van der Waals surface area (Å²) in [6, 6.07) is 0. The van der Waals surface area contributed by atoms with E-state index in [1.807, 2.05) is 18.2 Å². The van der Waals surface area contributed by atoms with Crippen LogP contribution in [0.5, 0.6) is 0 Å². The van der Waals surface area contributed by atoms with Gasteiger partial charge in [-0.2, -0.15) is 13.2 Å². The third-order valence-corrected chi connectivity index (χ3v) is 3.87. The van der Waals surface area contributed by atoms with Gasteiger partial charge in [0.05, 0.1) is 17.6 Å². The Balaban J connectivity index is 2.00. The van der Waals surface area contributed by atoms with Crippen molar-refractivity contribution in [1.29, 1.82) is 5.41 Å². The van der Waals surface area contributed by atoms with Crippen LogP contribution in [0.3, 0.4) is 0 Å². The molecule has 140 valence electrons. The second kappa shape index (κ2) is 7.65. The molecule has 0 aliphatic carbocycles. The van der Waals surface area contributed by atoms with E-state index in [-0.39, 0.29) is 5.82 Å². The number of halogens is 3. The average molecular weight is 374 g/mol. The number of fused-ring (bicyclic) bond motifs is 1. The van der Waals surface area contributed by atoms with Crippen LogP contribution < -0.4 is 0 Å². The number of nitrogens with zero attached hydrogens (tertiary/aromatic N) is 5. The zero-order valence-corrected chi connectivity index (χ0v) is 14.5. The number of hydrogen-bond acceptors (Lipinski definition) is 4. The van der Waals surface area contributed by atoms with Crippen molar-refractivity contribution in [1.82, 2.24) is 19.5 Å². The molecule has 9 heteroatoms. The van der Waals surface area contributed by atoms with Crippen molar-refractivity contribution in [2.75, 3.05) is 0 Å². The highest BCUT2D eigenvalue weighted by Gasteiger charge is 2.34. The minimum Gasteiger partial charge on any atom is -0.299 e. The fraction of sp³-hybridized carbons (Fsp3) is 0.278. The molecule has 0 saturated carbocycles. The van der Waals surface area contributed by atoms with E-state index in [9.17, 15) is 13.2 Å². The van der Waals surface area contributed by atoms with Crippen molar-refractivity contribution in [2.45, 2.75) is 32.4 Å². The van der Waals surface area contributed by atoms with Crippen LogP contribution in [-0.2, 0) is 6.42 Å². The maximum atomic E-state index is 12.5. The van der Waals surface area contributed by atoms with Crippen molar-refractivity contribution < 1.29 is 13.2 Å². The average Bonchev–Trinajstić information content (AvgIpc) is 2.89. The standard InChI is InChI=1S/C18H17F3N6/c1-12-23-9-13(10-24-12)8-14-15-6-4-2-3-5-7-27(15)16(26-14)11-25-17(22)18(19,20)21/h4-7,9-11,22H,2-3,8H2,1H3/b6-4-,7-5?,22-17?,25-11?. The summed E-state index contributed by atoms with van der Waals surface area (Å²) < 4.78 is 39.3. The molecule has 0 fully saturated rings. The van der Waals surface area contributed by atoms with Crippen LogP contribution in [0.4, 0.5) is 13.2 Å². The fourth-order valence-electron chi connectivity index (χ4n) is 2.53. The number of aliphatic imine (C=N–C) groups is 1. The summed E-state index contributed by atoms with van der Waals surface area (Å²) in [6.07, 6.45) is 9.23.